The molecule has 5 nitrogen and oxygen atoms in total. The average molecular weight is 621 g/mol. The molecule has 1 amide bonds. The maximum absolute atomic E-state index is 15.3. The number of benzene rings is 2. The van der Waals surface area contributed by atoms with Gasteiger partial charge >= 0.3 is 12.1 Å². The van der Waals surface area contributed by atoms with Crippen molar-refractivity contribution < 1.29 is 36.6 Å². The molecule has 0 heterocycles. The van der Waals surface area contributed by atoms with Gasteiger partial charge in [0.05, 0.1) is 23.9 Å². The summed E-state index contributed by atoms with van der Waals surface area (Å²) < 4.78 is 66.4. The highest BCUT2D eigenvalue weighted by Gasteiger charge is 2.36. The smallest absolute Gasteiger partial charge is 0.420 e. The van der Waals surface area contributed by atoms with Gasteiger partial charge in [0.25, 0.3) is 0 Å². The van der Waals surface area contributed by atoms with E-state index >= 15 is 4.39 Å². The van der Waals surface area contributed by atoms with Gasteiger partial charge in [-0.15, -0.1) is 0 Å². The highest BCUT2D eigenvalue weighted by Crippen LogP contribution is 2.41. The fourth-order valence-corrected chi connectivity index (χ4v) is 4.87. The Bertz CT molecular complexity index is 1130. The predicted molar refractivity (Wildman–Crippen MR) is 136 cm³/mol. The predicted octanol–water partition coefficient (Wildman–Crippen LogP) is 7.60. The van der Waals surface area contributed by atoms with E-state index in [1.54, 1.807) is 36.4 Å². The molecule has 1 aliphatic rings. The third-order valence-electron chi connectivity index (χ3n) is 6.30. The van der Waals surface area contributed by atoms with Crippen molar-refractivity contribution >= 4 is 40.2 Å². The maximum Gasteiger partial charge on any atom is 0.420 e. The molecular weight excluding hydrogens is 593 g/mol. The van der Waals surface area contributed by atoms with Crippen molar-refractivity contribution in [2.24, 2.45) is 11.8 Å². The van der Waals surface area contributed by atoms with Crippen LogP contribution in [-0.4, -0.2) is 25.0 Å². The molecule has 2 aromatic rings. The van der Waals surface area contributed by atoms with E-state index in [9.17, 15) is 22.8 Å². The Morgan fingerprint density at radius 2 is 1.69 bits per heavy atom. The number of nitrogens with zero attached hydrogens (tertiary/aromatic N) is 1. The number of halogens is 5. The lowest BCUT2D eigenvalue weighted by atomic mass is 9.82. The maximum atomic E-state index is 15.3. The second-order valence-corrected chi connectivity index (χ2v) is 10.5. The molecule has 0 saturated heterocycles. The first kappa shape index (κ1) is 28.2. The average Bonchev–Trinajstić information content (AvgIpc) is 2.80. The number of carbonyl (C=O) groups is 2. The molecule has 0 N–H and O–H groups in total. The topological polar surface area (TPSA) is 55.8 Å². The van der Waals surface area contributed by atoms with E-state index in [0.717, 1.165) is 44.2 Å². The van der Waals surface area contributed by atoms with E-state index in [2.05, 4.69) is 6.92 Å². The monoisotopic (exact) mass is 621 g/mol. The van der Waals surface area contributed by atoms with E-state index in [1.165, 1.54) is 11.0 Å². The third-order valence-corrected chi connectivity index (χ3v) is 6.97. The van der Waals surface area contributed by atoms with Crippen molar-refractivity contribution in [3.8, 4) is 11.5 Å². The van der Waals surface area contributed by atoms with Gasteiger partial charge in [0.1, 0.15) is 5.75 Å². The van der Waals surface area contributed by atoms with Crippen LogP contribution in [0, 0.1) is 21.2 Å². The zero-order valence-corrected chi connectivity index (χ0v) is 22.6. The summed E-state index contributed by atoms with van der Waals surface area (Å²) in [6.45, 7) is 5.62. The van der Waals surface area contributed by atoms with Crippen molar-refractivity contribution in [2.45, 2.75) is 58.7 Å². The molecule has 1 fully saturated rings. The second kappa shape index (κ2) is 11.4. The number of carbonyl (C=O) groups excluding carboxylic acids is 2. The van der Waals surface area contributed by atoms with Crippen LogP contribution in [0.15, 0.2) is 30.3 Å². The van der Waals surface area contributed by atoms with Gasteiger partial charge in [-0.1, -0.05) is 6.92 Å². The molecule has 0 unspecified atom stereocenters. The first-order valence-corrected chi connectivity index (χ1v) is 12.7. The minimum Gasteiger partial charge on any atom is -0.465 e. The van der Waals surface area contributed by atoms with E-state index in [-0.39, 0.29) is 23.1 Å². The standard InChI is InChI=1S/C26H28F4INO4/c1-14(2)32(24(33)16-7-5-15(3)6-8-16)21-13-20(27)23(12-18(21)25(34)35-4)36-22-10-9-17(31)11-19(22)26(28,29)30/h9-16H,5-8H2,1-4H3/t15-,16-. The molecular formula is C26H28F4INO4. The number of hydrogen-bond donors (Lipinski definition) is 0. The summed E-state index contributed by atoms with van der Waals surface area (Å²) in [5.41, 5.74) is -1.27. The first-order valence-electron chi connectivity index (χ1n) is 11.6. The Labute approximate surface area is 221 Å². The number of hydrogen-bond acceptors (Lipinski definition) is 4. The molecule has 196 valence electrons. The van der Waals surface area contributed by atoms with Gasteiger partial charge in [0.2, 0.25) is 5.91 Å². The van der Waals surface area contributed by atoms with Crippen LogP contribution in [0.5, 0.6) is 11.5 Å². The van der Waals surface area contributed by atoms with Gasteiger partial charge in [-0.05, 0) is 86.2 Å². The highest BCUT2D eigenvalue weighted by molar-refractivity contribution is 14.1. The summed E-state index contributed by atoms with van der Waals surface area (Å²) in [6, 6.07) is 4.88. The van der Waals surface area contributed by atoms with Crippen molar-refractivity contribution in [1.29, 1.82) is 0 Å². The van der Waals surface area contributed by atoms with Gasteiger partial charge in [0, 0.05) is 27.7 Å². The SMILES string of the molecule is COC(=O)c1cc(Oc2ccc(I)cc2C(F)(F)F)c(F)cc1N(C(=O)[C@H]1CC[C@H](C)CC1)C(C)C. The quantitative estimate of drug-likeness (QED) is 0.190. The number of alkyl halides is 3. The molecule has 0 atom stereocenters. The second-order valence-electron chi connectivity index (χ2n) is 9.29. The van der Waals surface area contributed by atoms with Crippen LogP contribution in [0.4, 0.5) is 23.2 Å². The molecule has 1 saturated carbocycles. The van der Waals surface area contributed by atoms with E-state index < -0.39 is 41.1 Å². The molecule has 3 rings (SSSR count). The van der Waals surface area contributed by atoms with Crippen molar-refractivity contribution in [2.75, 3.05) is 12.0 Å². The summed E-state index contributed by atoms with van der Waals surface area (Å²) >= 11 is 1.73. The van der Waals surface area contributed by atoms with Crippen molar-refractivity contribution in [1.82, 2.24) is 0 Å². The molecule has 0 radical (unpaired) electrons. The van der Waals surface area contributed by atoms with E-state index in [4.69, 9.17) is 9.47 Å². The van der Waals surface area contributed by atoms with Crippen LogP contribution < -0.4 is 9.64 Å². The molecule has 1 aliphatic carbocycles. The lowest BCUT2D eigenvalue weighted by Crippen LogP contribution is -2.43. The van der Waals surface area contributed by atoms with Gasteiger partial charge in [-0.2, -0.15) is 13.2 Å². The van der Waals surface area contributed by atoms with Gasteiger partial charge < -0.3 is 14.4 Å². The van der Waals surface area contributed by atoms with Crippen LogP contribution in [0.2, 0.25) is 0 Å². The van der Waals surface area contributed by atoms with Crippen molar-refractivity contribution in [3.05, 3.63) is 50.8 Å². The minimum atomic E-state index is -4.74. The summed E-state index contributed by atoms with van der Waals surface area (Å²) in [5, 5.41) is 0. The Kier molecular flexibility index (Phi) is 8.89. The highest BCUT2D eigenvalue weighted by atomic mass is 127. The molecule has 10 heteroatoms. The van der Waals surface area contributed by atoms with Crippen LogP contribution in [-0.2, 0) is 15.7 Å². The lowest BCUT2D eigenvalue weighted by molar-refractivity contribution is -0.138. The lowest BCUT2D eigenvalue weighted by Gasteiger charge is -2.34. The van der Waals surface area contributed by atoms with Gasteiger partial charge in [0.15, 0.2) is 11.6 Å². The number of esters is 1. The number of ether oxygens (including phenoxy) is 2. The molecule has 2 aromatic carbocycles. The minimum absolute atomic E-state index is 0.0102. The molecule has 0 aliphatic heterocycles. The molecule has 0 bridgehead atoms. The van der Waals surface area contributed by atoms with Crippen molar-refractivity contribution in [3.63, 3.8) is 0 Å². The molecule has 0 spiro atoms. The van der Waals surface area contributed by atoms with Crippen LogP contribution in [0.3, 0.4) is 0 Å². The number of methoxy groups -OCH3 is 1. The summed E-state index contributed by atoms with van der Waals surface area (Å²) in [6.07, 6.45) is -1.58. The van der Waals surface area contributed by atoms with Gasteiger partial charge in [-0.25, -0.2) is 9.18 Å². The Morgan fingerprint density at radius 1 is 1.06 bits per heavy atom. The third kappa shape index (κ3) is 6.30. The summed E-state index contributed by atoms with van der Waals surface area (Å²) in [5.74, 6) is -3.07. The Balaban J connectivity index is 2.07. The Morgan fingerprint density at radius 3 is 2.25 bits per heavy atom. The Hall–Kier alpha value is -2.37. The number of rotatable bonds is 6. The normalized spacial score (nSPS) is 18.2. The zero-order chi connectivity index (χ0) is 26.8. The molecule has 36 heavy (non-hydrogen) atoms. The molecule has 0 aromatic heterocycles. The van der Waals surface area contributed by atoms with Crippen LogP contribution in [0.1, 0.15) is 62.4 Å². The van der Waals surface area contributed by atoms with Gasteiger partial charge in [-0.3, -0.25) is 4.79 Å². The van der Waals surface area contributed by atoms with Crippen LogP contribution >= 0.6 is 22.6 Å². The number of anilines is 1. The first-order chi connectivity index (χ1) is 16.8. The van der Waals surface area contributed by atoms with Crippen LogP contribution in [0.25, 0.3) is 0 Å². The largest absolute Gasteiger partial charge is 0.465 e. The fraction of sp³-hybridized carbons (Fsp3) is 0.462. The number of amides is 1. The summed E-state index contributed by atoms with van der Waals surface area (Å²) in [4.78, 5) is 27.5. The summed E-state index contributed by atoms with van der Waals surface area (Å²) in [7, 11) is 1.13. The van der Waals surface area contributed by atoms with E-state index in [0.29, 0.717) is 22.3 Å². The zero-order valence-electron chi connectivity index (χ0n) is 20.4. The van der Waals surface area contributed by atoms with E-state index in [1.807, 2.05) is 0 Å². The fourth-order valence-electron chi connectivity index (χ4n) is 4.38.